The fraction of sp³-hybridized carbons (Fsp3) is 0. The van der Waals surface area contributed by atoms with Gasteiger partial charge in [0.15, 0.2) is 0 Å². The van der Waals surface area contributed by atoms with Crippen molar-refractivity contribution in [3.63, 3.8) is 0 Å². The normalized spacial score (nSPS) is 10.5. The van der Waals surface area contributed by atoms with Crippen LogP contribution < -0.4 is 0 Å². The van der Waals surface area contributed by atoms with Gasteiger partial charge in [-0.1, -0.05) is 24.3 Å². The molecule has 23 heavy (non-hydrogen) atoms. The van der Waals surface area contributed by atoms with Gasteiger partial charge in [0.1, 0.15) is 17.8 Å². The maximum absolute atomic E-state index is 13.5. The van der Waals surface area contributed by atoms with E-state index in [1.807, 2.05) is 0 Å². The summed E-state index contributed by atoms with van der Waals surface area (Å²) in [5, 5.41) is 11.0. The zero-order chi connectivity index (χ0) is 16.4. The third kappa shape index (κ3) is 3.06. The third-order valence-electron chi connectivity index (χ3n) is 3.32. The molecule has 0 N–H and O–H groups in total. The van der Waals surface area contributed by atoms with Gasteiger partial charge in [0, 0.05) is 17.2 Å². The molecule has 1 aromatic heterocycles. The van der Waals surface area contributed by atoms with Crippen LogP contribution in [0.2, 0.25) is 0 Å². The Morgan fingerprint density at radius 1 is 0.913 bits per heavy atom. The highest BCUT2D eigenvalue weighted by molar-refractivity contribution is 5.82. The molecule has 0 amide bonds. The highest BCUT2D eigenvalue weighted by atomic mass is 19.1. The number of hydrogen-bond acceptors (Lipinski definition) is 3. The molecule has 0 spiro atoms. The van der Waals surface area contributed by atoms with E-state index in [0.29, 0.717) is 22.4 Å². The van der Waals surface area contributed by atoms with Crippen LogP contribution in [-0.2, 0) is 0 Å². The molecular formula is C17H10F2N2O2. The highest BCUT2D eigenvalue weighted by Gasteiger charge is 2.16. The molecule has 0 fully saturated rings. The van der Waals surface area contributed by atoms with Gasteiger partial charge in [-0.3, -0.25) is 10.1 Å². The molecule has 3 rings (SSSR count). The van der Waals surface area contributed by atoms with Crippen LogP contribution in [0.15, 0.2) is 60.8 Å². The molecule has 0 aliphatic rings. The van der Waals surface area contributed by atoms with E-state index in [9.17, 15) is 18.9 Å². The Hall–Kier alpha value is -3.15. The molecular weight excluding hydrogens is 302 g/mol. The van der Waals surface area contributed by atoms with E-state index in [0.717, 1.165) is 6.20 Å². The van der Waals surface area contributed by atoms with Crippen molar-refractivity contribution in [2.45, 2.75) is 0 Å². The van der Waals surface area contributed by atoms with E-state index in [-0.39, 0.29) is 5.69 Å². The zero-order valence-corrected chi connectivity index (χ0v) is 11.7. The first-order chi connectivity index (χ1) is 11.0. The van der Waals surface area contributed by atoms with Crippen LogP contribution >= 0.6 is 0 Å². The number of pyridine rings is 1. The lowest BCUT2D eigenvalue weighted by molar-refractivity contribution is -0.385. The Morgan fingerprint density at radius 3 is 2.13 bits per heavy atom. The molecule has 0 saturated heterocycles. The Bertz CT molecular complexity index is 897. The Labute approximate surface area is 130 Å². The van der Waals surface area contributed by atoms with Crippen LogP contribution in [0.1, 0.15) is 0 Å². The molecule has 4 nitrogen and oxygen atoms in total. The van der Waals surface area contributed by atoms with Gasteiger partial charge in [-0.15, -0.1) is 0 Å². The maximum Gasteiger partial charge on any atom is 0.288 e. The first kappa shape index (κ1) is 14.8. The fourth-order valence-electron chi connectivity index (χ4n) is 2.30. The molecule has 6 heteroatoms. The van der Waals surface area contributed by atoms with E-state index < -0.39 is 16.6 Å². The van der Waals surface area contributed by atoms with Crippen LogP contribution in [0.5, 0.6) is 0 Å². The summed E-state index contributed by atoms with van der Waals surface area (Å²) >= 11 is 0. The van der Waals surface area contributed by atoms with Gasteiger partial charge < -0.3 is 0 Å². The van der Waals surface area contributed by atoms with Crippen LogP contribution in [0.3, 0.4) is 0 Å². The summed E-state index contributed by atoms with van der Waals surface area (Å²) in [6, 6.07) is 12.7. The molecule has 1 heterocycles. The minimum Gasteiger partial charge on any atom is -0.258 e. The summed E-state index contributed by atoms with van der Waals surface area (Å²) in [5.41, 5.74) is 1.38. The smallest absolute Gasteiger partial charge is 0.258 e. The predicted octanol–water partition coefficient (Wildman–Crippen LogP) is 4.60. The van der Waals surface area contributed by atoms with Gasteiger partial charge in [-0.05, 0) is 29.8 Å². The first-order valence-corrected chi connectivity index (χ1v) is 6.71. The SMILES string of the molecule is O=[N+]([O-])c1cnc(-c2cccc(F)c2)c(-c2cccc(F)c2)c1. The van der Waals surface area contributed by atoms with Crippen molar-refractivity contribution in [1.82, 2.24) is 4.98 Å². The number of halogens is 2. The average molecular weight is 312 g/mol. The first-order valence-electron chi connectivity index (χ1n) is 6.71. The van der Waals surface area contributed by atoms with Gasteiger partial charge >= 0.3 is 0 Å². The summed E-state index contributed by atoms with van der Waals surface area (Å²) < 4.78 is 27.0. The highest BCUT2D eigenvalue weighted by Crippen LogP contribution is 2.33. The number of aromatic nitrogens is 1. The van der Waals surface area contributed by atoms with E-state index in [1.54, 1.807) is 12.1 Å². The van der Waals surface area contributed by atoms with Crippen LogP contribution in [-0.4, -0.2) is 9.91 Å². The fourth-order valence-corrected chi connectivity index (χ4v) is 2.30. The van der Waals surface area contributed by atoms with Gasteiger partial charge in [-0.25, -0.2) is 13.8 Å². The molecule has 0 atom stereocenters. The maximum atomic E-state index is 13.5. The van der Waals surface area contributed by atoms with Crippen molar-refractivity contribution in [1.29, 1.82) is 0 Å². The van der Waals surface area contributed by atoms with Crippen molar-refractivity contribution >= 4 is 5.69 Å². The number of hydrogen-bond donors (Lipinski definition) is 0. The van der Waals surface area contributed by atoms with Crippen LogP contribution in [0.4, 0.5) is 14.5 Å². The lowest BCUT2D eigenvalue weighted by atomic mass is 9.99. The molecule has 3 aromatic rings. The van der Waals surface area contributed by atoms with Gasteiger partial charge in [0.05, 0.1) is 10.6 Å². The largest absolute Gasteiger partial charge is 0.288 e. The van der Waals surface area contributed by atoms with E-state index in [2.05, 4.69) is 4.98 Å². The van der Waals surface area contributed by atoms with Crippen LogP contribution in [0.25, 0.3) is 22.4 Å². The lowest BCUT2D eigenvalue weighted by Gasteiger charge is -2.09. The summed E-state index contributed by atoms with van der Waals surface area (Å²) in [7, 11) is 0. The molecule has 114 valence electrons. The second-order valence-electron chi connectivity index (χ2n) is 4.87. The average Bonchev–Trinajstić information content (AvgIpc) is 2.54. The summed E-state index contributed by atoms with van der Waals surface area (Å²) in [4.78, 5) is 14.5. The second kappa shape index (κ2) is 5.92. The standard InChI is InChI=1S/C17H10F2N2O2/c18-13-5-1-3-11(7-13)16-9-15(21(22)23)10-20-17(16)12-4-2-6-14(19)8-12/h1-10H. The number of rotatable bonds is 3. The quantitative estimate of drug-likeness (QED) is 0.524. The van der Waals surface area contributed by atoms with Crippen LogP contribution in [0, 0.1) is 21.7 Å². The molecule has 0 saturated carbocycles. The van der Waals surface area contributed by atoms with Crippen molar-refractivity contribution in [2.75, 3.05) is 0 Å². The van der Waals surface area contributed by atoms with Crippen molar-refractivity contribution in [3.05, 3.63) is 82.5 Å². The lowest BCUT2D eigenvalue weighted by Crippen LogP contribution is -1.95. The topological polar surface area (TPSA) is 56.0 Å². The Balaban J connectivity index is 2.25. The summed E-state index contributed by atoms with van der Waals surface area (Å²) in [5.74, 6) is -0.924. The predicted molar refractivity (Wildman–Crippen MR) is 81.7 cm³/mol. The number of nitrogens with zero attached hydrogens (tertiary/aromatic N) is 2. The van der Waals surface area contributed by atoms with E-state index in [4.69, 9.17) is 0 Å². The zero-order valence-electron chi connectivity index (χ0n) is 11.7. The van der Waals surface area contributed by atoms with Gasteiger partial charge in [0.25, 0.3) is 5.69 Å². The molecule has 0 radical (unpaired) electrons. The third-order valence-corrected chi connectivity index (χ3v) is 3.32. The Morgan fingerprint density at radius 2 is 1.52 bits per heavy atom. The van der Waals surface area contributed by atoms with Gasteiger partial charge in [-0.2, -0.15) is 0 Å². The van der Waals surface area contributed by atoms with Crippen molar-refractivity contribution in [3.8, 4) is 22.4 Å². The van der Waals surface area contributed by atoms with E-state index >= 15 is 0 Å². The molecule has 0 unspecified atom stereocenters. The minimum atomic E-state index is -0.578. The van der Waals surface area contributed by atoms with Crippen molar-refractivity contribution in [2.24, 2.45) is 0 Å². The van der Waals surface area contributed by atoms with Crippen molar-refractivity contribution < 1.29 is 13.7 Å². The minimum absolute atomic E-state index is 0.218. The van der Waals surface area contributed by atoms with Gasteiger partial charge in [0.2, 0.25) is 0 Å². The summed E-state index contributed by atoms with van der Waals surface area (Å²) in [6.45, 7) is 0. The number of benzene rings is 2. The molecule has 0 aliphatic carbocycles. The molecule has 0 aliphatic heterocycles. The second-order valence-corrected chi connectivity index (χ2v) is 4.87. The summed E-state index contributed by atoms with van der Waals surface area (Å²) in [6.07, 6.45) is 1.10. The molecule has 2 aromatic carbocycles. The Kier molecular flexibility index (Phi) is 3.80. The number of nitro groups is 1. The molecule has 0 bridgehead atoms. The van der Waals surface area contributed by atoms with E-state index in [1.165, 1.54) is 42.5 Å². The monoisotopic (exact) mass is 312 g/mol.